The lowest BCUT2D eigenvalue weighted by Gasteiger charge is -2.36. The molecule has 2 amide bonds. The number of ether oxygens (including phenoxy) is 1. The van der Waals surface area contributed by atoms with Crippen molar-refractivity contribution in [3.8, 4) is 11.1 Å². The fraction of sp³-hybridized carbons (Fsp3) is 0.375. The third-order valence-corrected chi connectivity index (χ3v) is 7.06. The molecular formula is C24H26N2O5S. The zero-order chi connectivity index (χ0) is 22.7. The van der Waals surface area contributed by atoms with E-state index in [0.717, 1.165) is 28.0 Å². The van der Waals surface area contributed by atoms with Crippen LogP contribution in [0.1, 0.15) is 30.4 Å². The third kappa shape index (κ3) is 4.60. The summed E-state index contributed by atoms with van der Waals surface area (Å²) in [6, 6.07) is 15.0. The number of carboxylic acids is 1. The highest BCUT2D eigenvalue weighted by molar-refractivity contribution is 7.99. The minimum Gasteiger partial charge on any atom is -0.481 e. The normalized spacial score (nSPS) is 18.4. The van der Waals surface area contributed by atoms with E-state index in [-0.39, 0.29) is 30.9 Å². The second kappa shape index (κ2) is 9.65. The molecule has 1 saturated heterocycles. The lowest BCUT2D eigenvalue weighted by Crippen LogP contribution is -2.54. The summed E-state index contributed by atoms with van der Waals surface area (Å²) in [6.07, 6.45) is -0.759. The van der Waals surface area contributed by atoms with Crippen LogP contribution in [0.25, 0.3) is 11.1 Å². The van der Waals surface area contributed by atoms with Crippen molar-refractivity contribution >= 4 is 29.7 Å². The first kappa shape index (κ1) is 22.2. The lowest BCUT2D eigenvalue weighted by atomic mass is 9.98. The number of benzene rings is 2. The molecule has 1 fully saturated rings. The molecule has 168 valence electrons. The highest BCUT2D eigenvalue weighted by Gasteiger charge is 2.33. The van der Waals surface area contributed by atoms with Crippen molar-refractivity contribution < 1.29 is 24.2 Å². The van der Waals surface area contributed by atoms with Gasteiger partial charge >= 0.3 is 12.1 Å². The number of nitrogens with one attached hydrogen (secondary N) is 1. The number of aliphatic carboxylic acids is 1. The summed E-state index contributed by atoms with van der Waals surface area (Å²) >= 11 is 1.63. The molecule has 32 heavy (non-hydrogen) atoms. The maximum Gasteiger partial charge on any atom is 0.407 e. The Balaban J connectivity index is 1.37. The van der Waals surface area contributed by atoms with Crippen LogP contribution in [0.2, 0.25) is 0 Å². The van der Waals surface area contributed by atoms with E-state index in [1.807, 2.05) is 36.4 Å². The molecule has 0 spiro atoms. The van der Waals surface area contributed by atoms with Crippen LogP contribution in [-0.4, -0.2) is 64.7 Å². The van der Waals surface area contributed by atoms with E-state index >= 15 is 0 Å². The molecule has 8 heteroatoms. The number of alkyl carbamates (subject to hydrolysis) is 1. The van der Waals surface area contributed by atoms with Crippen molar-refractivity contribution in [2.45, 2.75) is 31.3 Å². The van der Waals surface area contributed by atoms with E-state index in [1.54, 1.807) is 23.6 Å². The molecule has 1 aliphatic heterocycles. The van der Waals surface area contributed by atoms with Gasteiger partial charge in [-0.3, -0.25) is 9.59 Å². The second-order valence-corrected chi connectivity index (χ2v) is 9.20. The maximum atomic E-state index is 12.9. The Morgan fingerprint density at radius 1 is 1.12 bits per heavy atom. The first-order chi connectivity index (χ1) is 15.5. The van der Waals surface area contributed by atoms with Gasteiger partial charge in [0.1, 0.15) is 12.6 Å². The van der Waals surface area contributed by atoms with Crippen molar-refractivity contribution in [3.05, 3.63) is 59.7 Å². The Morgan fingerprint density at radius 2 is 1.75 bits per heavy atom. The zero-order valence-electron chi connectivity index (χ0n) is 17.8. The number of carbonyl (C=O) groups excluding carboxylic acids is 2. The maximum absolute atomic E-state index is 12.9. The number of hydrogen-bond acceptors (Lipinski definition) is 5. The Morgan fingerprint density at radius 3 is 2.38 bits per heavy atom. The molecule has 2 aromatic carbocycles. The van der Waals surface area contributed by atoms with Crippen LogP contribution in [-0.2, 0) is 14.3 Å². The first-order valence-corrected chi connectivity index (χ1v) is 11.8. The number of thioether (sulfide) groups is 1. The van der Waals surface area contributed by atoms with Gasteiger partial charge in [0.15, 0.2) is 0 Å². The van der Waals surface area contributed by atoms with Gasteiger partial charge in [-0.1, -0.05) is 48.5 Å². The Labute approximate surface area is 191 Å². The summed E-state index contributed by atoms with van der Waals surface area (Å²) in [7, 11) is 0. The van der Waals surface area contributed by atoms with Crippen LogP contribution in [0.3, 0.4) is 0 Å². The van der Waals surface area contributed by atoms with Gasteiger partial charge in [-0.05, 0) is 29.2 Å². The largest absolute Gasteiger partial charge is 0.481 e. The summed E-state index contributed by atoms with van der Waals surface area (Å²) in [5.74, 6) is 0.0469. The van der Waals surface area contributed by atoms with E-state index in [2.05, 4.69) is 17.4 Å². The lowest BCUT2D eigenvalue weighted by molar-refractivity contribution is -0.141. The minimum atomic E-state index is -0.938. The number of carboxylic acid groups (broad SMARTS) is 1. The fourth-order valence-electron chi connectivity index (χ4n) is 4.44. The van der Waals surface area contributed by atoms with Crippen molar-refractivity contribution in [1.29, 1.82) is 0 Å². The molecule has 7 nitrogen and oxygen atoms in total. The molecule has 1 unspecified atom stereocenters. The highest BCUT2D eigenvalue weighted by atomic mass is 32.2. The Kier molecular flexibility index (Phi) is 6.69. The average molecular weight is 455 g/mol. The van der Waals surface area contributed by atoms with Crippen LogP contribution in [0.4, 0.5) is 4.79 Å². The van der Waals surface area contributed by atoms with E-state index in [9.17, 15) is 14.4 Å². The second-order valence-electron chi connectivity index (χ2n) is 8.05. The topological polar surface area (TPSA) is 95.9 Å². The molecule has 1 heterocycles. The zero-order valence-corrected chi connectivity index (χ0v) is 18.6. The molecule has 0 aromatic heterocycles. The number of rotatable bonds is 6. The van der Waals surface area contributed by atoms with Gasteiger partial charge in [0.25, 0.3) is 0 Å². The van der Waals surface area contributed by atoms with Crippen LogP contribution >= 0.6 is 11.8 Å². The van der Waals surface area contributed by atoms with Crippen molar-refractivity contribution in [2.75, 3.05) is 24.7 Å². The number of hydrogen-bond donors (Lipinski definition) is 2. The number of carbonyl (C=O) groups is 3. The minimum absolute atomic E-state index is 0.0572. The van der Waals surface area contributed by atoms with E-state index < -0.39 is 18.1 Å². The van der Waals surface area contributed by atoms with Crippen molar-refractivity contribution in [2.24, 2.45) is 0 Å². The van der Waals surface area contributed by atoms with Crippen LogP contribution in [0.15, 0.2) is 48.5 Å². The predicted octanol–water partition coefficient (Wildman–Crippen LogP) is 3.33. The summed E-state index contributed by atoms with van der Waals surface area (Å²) < 4.78 is 5.52. The van der Waals surface area contributed by atoms with Crippen molar-refractivity contribution in [3.63, 3.8) is 0 Å². The summed E-state index contributed by atoms with van der Waals surface area (Å²) in [5, 5.41) is 11.7. The van der Waals surface area contributed by atoms with Gasteiger partial charge in [-0.15, -0.1) is 0 Å². The first-order valence-electron chi connectivity index (χ1n) is 10.7. The summed E-state index contributed by atoms with van der Waals surface area (Å²) in [5.41, 5.74) is 4.53. The standard InChI is InChI=1S/C24H26N2O5S/c1-15(23(29)26-10-11-32-14-16(26)12-22(27)28)25-24(30)31-13-21-19-8-4-2-6-17(19)18-7-3-5-9-20(18)21/h2-9,15-16,21H,10-14H2,1H3,(H,25,30)(H,27,28)/t15-,16?/m1/s1. The molecule has 2 atom stereocenters. The molecule has 2 aliphatic rings. The molecule has 0 radical (unpaired) electrons. The average Bonchev–Trinajstić information content (AvgIpc) is 3.11. The Bertz CT molecular complexity index is 981. The van der Waals surface area contributed by atoms with Gasteiger partial charge in [0.05, 0.1) is 12.5 Å². The van der Waals surface area contributed by atoms with Gasteiger partial charge in [0.2, 0.25) is 5.91 Å². The molecular weight excluding hydrogens is 428 g/mol. The third-order valence-electron chi connectivity index (χ3n) is 5.97. The van der Waals surface area contributed by atoms with Gasteiger partial charge in [-0.2, -0.15) is 11.8 Å². The number of fused-ring (bicyclic) bond motifs is 3. The molecule has 1 aliphatic carbocycles. The van der Waals surface area contributed by atoms with Crippen LogP contribution < -0.4 is 5.32 Å². The monoisotopic (exact) mass is 454 g/mol. The number of amides is 2. The molecule has 2 aromatic rings. The molecule has 0 bridgehead atoms. The highest BCUT2D eigenvalue weighted by Crippen LogP contribution is 2.44. The SMILES string of the molecule is C[C@@H](NC(=O)OCC1c2ccccc2-c2ccccc21)C(=O)N1CCSCC1CC(=O)O. The molecule has 0 saturated carbocycles. The molecule has 2 N–H and O–H groups in total. The number of nitrogens with zero attached hydrogens (tertiary/aromatic N) is 1. The van der Waals surface area contributed by atoms with E-state index in [4.69, 9.17) is 9.84 Å². The predicted molar refractivity (Wildman–Crippen MR) is 123 cm³/mol. The van der Waals surface area contributed by atoms with Gasteiger partial charge < -0.3 is 20.1 Å². The van der Waals surface area contributed by atoms with Crippen LogP contribution in [0.5, 0.6) is 0 Å². The fourth-order valence-corrected chi connectivity index (χ4v) is 5.51. The van der Waals surface area contributed by atoms with Crippen molar-refractivity contribution in [1.82, 2.24) is 10.2 Å². The van der Waals surface area contributed by atoms with E-state index in [0.29, 0.717) is 12.3 Å². The van der Waals surface area contributed by atoms with Gasteiger partial charge in [-0.25, -0.2) is 4.79 Å². The smallest absolute Gasteiger partial charge is 0.407 e. The Hall–Kier alpha value is -3.00. The quantitative estimate of drug-likeness (QED) is 0.695. The van der Waals surface area contributed by atoms with Crippen LogP contribution in [0, 0.1) is 0 Å². The summed E-state index contributed by atoms with van der Waals surface area (Å²) in [6.45, 7) is 2.24. The van der Waals surface area contributed by atoms with E-state index in [1.165, 1.54) is 0 Å². The van der Waals surface area contributed by atoms with Gasteiger partial charge in [0, 0.05) is 24.0 Å². The molecule has 4 rings (SSSR count). The summed E-state index contributed by atoms with van der Waals surface area (Å²) in [4.78, 5) is 38.0.